The van der Waals surface area contributed by atoms with Gasteiger partial charge in [-0.15, -0.1) is 0 Å². The number of hydrogen-bond acceptors (Lipinski definition) is 4. The number of rotatable bonds is 3. The predicted octanol–water partition coefficient (Wildman–Crippen LogP) is 1.20. The molecule has 0 radical (unpaired) electrons. The van der Waals surface area contributed by atoms with Gasteiger partial charge in [0.05, 0.1) is 5.75 Å². The first kappa shape index (κ1) is 15.4. The Bertz CT molecular complexity index is 1090. The molecule has 124 valence electrons. The molecule has 0 saturated carbocycles. The van der Waals surface area contributed by atoms with Gasteiger partial charge in [-0.2, -0.15) is 0 Å². The Morgan fingerprint density at radius 3 is 2.79 bits per heavy atom. The largest absolute Gasteiger partial charge is 0.423 e. The fourth-order valence-corrected chi connectivity index (χ4v) is 5.27. The van der Waals surface area contributed by atoms with Gasteiger partial charge in [-0.3, -0.25) is 0 Å². The van der Waals surface area contributed by atoms with Crippen LogP contribution in [0.15, 0.2) is 51.7 Å². The molecule has 1 atom stereocenters. The molecule has 1 fully saturated rings. The highest BCUT2D eigenvalue weighted by Gasteiger charge is 2.30. The minimum absolute atomic E-state index is 0.0623. The fourth-order valence-electron chi connectivity index (χ4n) is 3.48. The first-order valence-electron chi connectivity index (χ1n) is 8.00. The highest BCUT2D eigenvalue weighted by atomic mass is 32.2. The van der Waals surface area contributed by atoms with E-state index in [0.29, 0.717) is 18.5 Å². The third kappa shape index (κ3) is 2.83. The van der Waals surface area contributed by atoms with Crippen LogP contribution < -0.4 is 10.9 Å². The average Bonchev–Trinajstić information content (AvgIpc) is 2.91. The van der Waals surface area contributed by atoms with E-state index in [9.17, 15) is 13.2 Å². The smallest absolute Gasteiger partial charge is 0.336 e. The van der Waals surface area contributed by atoms with Gasteiger partial charge in [-0.25, -0.2) is 13.2 Å². The van der Waals surface area contributed by atoms with Gasteiger partial charge in [0.15, 0.2) is 9.84 Å². The van der Waals surface area contributed by atoms with Crippen LogP contribution in [0.1, 0.15) is 12.0 Å². The quantitative estimate of drug-likeness (QED) is 0.572. The SMILES string of the molecule is O=c1cc(C[NH2+][C@@H]2CCS(=O)(=O)C2)c2c(ccc3ccccc32)o1. The topological polar surface area (TPSA) is 81.0 Å². The van der Waals surface area contributed by atoms with E-state index in [1.54, 1.807) is 0 Å². The number of benzene rings is 2. The van der Waals surface area contributed by atoms with Crippen LogP contribution in [0.25, 0.3) is 21.7 Å². The second kappa shape index (κ2) is 5.72. The molecular formula is C18H18NO4S+. The minimum Gasteiger partial charge on any atom is -0.423 e. The molecule has 2 aromatic carbocycles. The summed E-state index contributed by atoms with van der Waals surface area (Å²) in [4.78, 5) is 11.9. The Morgan fingerprint density at radius 1 is 1.17 bits per heavy atom. The van der Waals surface area contributed by atoms with Crippen LogP contribution in [0.2, 0.25) is 0 Å². The summed E-state index contributed by atoms with van der Waals surface area (Å²) < 4.78 is 28.6. The molecule has 1 aromatic heterocycles. The molecule has 2 N–H and O–H groups in total. The van der Waals surface area contributed by atoms with Crippen LogP contribution in [0, 0.1) is 0 Å². The zero-order valence-electron chi connectivity index (χ0n) is 13.1. The summed E-state index contributed by atoms with van der Waals surface area (Å²) in [6, 6.07) is 13.3. The van der Waals surface area contributed by atoms with E-state index < -0.39 is 9.84 Å². The van der Waals surface area contributed by atoms with Crippen LogP contribution in [-0.4, -0.2) is 26.0 Å². The van der Waals surface area contributed by atoms with Crippen molar-refractivity contribution in [2.45, 2.75) is 19.0 Å². The molecule has 0 amide bonds. The van der Waals surface area contributed by atoms with E-state index in [0.717, 1.165) is 21.7 Å². The lowest BCUT2D eigenvalue weighted by Gasteiger charge is -2.10. The Labute approximate surface area is 139 Å². The lowest BCUT2D eigenvalue weighted by molar-refractivity contribution is -0.699. The molecule has 1 aliphatic heterocycles. The van der Waals surface area contributed by atoms with Crippen molar-refractivity contribution < 1.29 is 18.2 Å². The molecule has 1 aliphatic rings. The molecular weight excluding hydrogens is 326 g/mol. The van der Waals surface area contributed by atoms with Gasteiger partial charge in [0.2, 0.25) is 0 Å². The molecule has 0 unspecified atom stereocenters. The number of quaternary nitrogens is 1. The van der Waals surface area contributed by atoms with Crippen molar-refractivity contribution in [3.63, 3.8) is 0 Å². The highest BCUT2D eigenvalue weighted by molar-refractivity contribution is 7.91. The summed E-state index contributed by atoms with van der Waals surface area (Å²) >= 11 is 0. The number of hydrogen-bond donors (Lipinski definition) is 1. The van der Waals surface area contributed by atoms with Crippen molar-refractivity contribution in [1.82, 2.24) is 0 Å². The van der Waals surface area contributed by atoms with Gasteiger partial charge in [0.1, 0.15) is 23.9 Å². The summed E-state index contributed by atoms with van der Waals surface area (Å²) in [7, 11) is -2.90. The monoisotopic (exact) mass is 344 g/mol. The van der Waals surface area contributed by atoms with E-state index in [1.807, 2.05) is 41.7 Å². The molecule has 6 heteroatoms. The van der Waals surface area contributed by atoms with E-state index in [-0.39, 0.29) is 23.2 Å². The highest BCUT2D eigenvalue weighted by Crippen LogP contribution is 2.27. The van der Waals surface area contributed by atoms with E-state index in [4.69, 9.17) is 4.42 Å². The summed E-state index contributed by atoms with van der Waals surface area (Å²) in [5.41, 5.74) is 1.09. The van der Waals surface area contributed by atoms with Gasteiger partial charge in [0, 0.05) is 23.4 Å². The Balaban J connectivity index is 1.76. The van der Waals surface area contributed by atoms with Gasteiger partial charge >= 0.3 is 5.63 Å². The molecule has 0 spiro atoms. The van der Waals surface area contributed by atoms with Gasteiger partial charge in [0.25, 0.3) is 0 Å². The van der Waals surface area contributed by atoms with Crippen molar-refractivity contribution in [1.29, 1.82) is 0 Å². The molecule has 0 bridgehead atoms. The molecule has 1 saturated heterocycles. The van der Waals surface area contributed by atoms with Crippen LogP contribution in [0.3, 0.4) is 0 Å². The number of nitrogens with two attached hydrogens (primary N) is 1. The van der Waals surface area contributed by atoms with Crippen LogP contribution >= 0.6 is 0 Å². The maximum absolute atomic E-state index is 11.9. The van der Waals surface area contributed by atoms with Crippen LogP contribution in [0.4, 0.5) is 0 Å². The summed E-state index contributed by atoms with van der Waals surface area (Å²) in [5.74, 6) is 0.474. The summed E-state index contributed by atoms with van der Waals surface area (Å²) in [5, 5.41) is 5.09. The average molecular weight is 344 g/mol. The Hall–Kier alpha value is -2.18. The first-order valence-corrected chi connectivity index (χ1v) is 9.82. The lowest BCUT2D eigenvalue weighted by Crippen LogP contribution is -2.89. The number of fused-ring (bicyclic) bond motifs is 3. The molecule has 24 heavy (non-hydrogen) atoms. The second-order valence-corrected chi connectivity index (χ2v) is 8.58. The minimum atomic E-state index is -2.90. The van der Waals surface area contributed by atoms with Crippen LogP contribution in [-0.2, 0) is 16.4 Å². The molecule has 0 aliphatic carbocycles. The van der Waals surface area contributed by atoms with Crippen molar-refractivity contribution >= 4 is 31.6 Å². The van der Waals surface area contributed by atoms with E-state index in [2.05, 4.69) is 0 Å². The first-order chi connectivity index (χ1) is 11.5. The van der Waals surface area contributed by atoms with Gasteiger partial charge in [-0.05, 0) is 16.8 Å². The Morgan fingerprint density at radius 2 is 2.00 bits per heavy atom. The normalized spacial score (nSPS) is 19.9. The zero-order valence-corrected chi connectivity index (χ0v) is 13.9. The zero-order chi connectivity index (χ0) is 16.7. The number of sulfone groups is 1. The second-order valence-electron chi connectivity index (χ2n) is 6.35. The molecule has 2 heterocycles. The van der Waals surface area contributed by atoms with Crippen molar-refractivity contribution in [3.05, 3.63) is 58.4 Å². The maximum Gasteiger partial charge on any atom is 0.336 e. The third-order valence-electron chi connectivity index (χ3n) is 4.65. The summed E-state index contributed by atoms with van der Waals surface area (Å²) in [6.07, 6.45) is 0.669. The lowest BCUT2D eigenvalue weighted by atomic mass is 10.0. The van der Waals surface area contributed by atoms with Crippen molar-refractivity contribution in [2.75, 3.05) is 11.5 Å². The maximum atomic E-state index is 11.9. The third-order valence-corrected chi connectivity index (χ3v) is 6.45. The standard InChI is InChI=1S/C18H17NO4S/c20-17-9-13(10-19-14-7-8-24(21,22)11-14)18-15-4-2-1-3-12(15)5-6-16(18)23-17/h1-6,9,14,19H,7-8,10-11H2/p+1/t14-/m1/s1. The van der Waals surface area contributed by atoms with Crippen molar-refractivity contribution in [3.8, 4) is 0 Å². The fraction of sp³-hybridized carbons (Fsp3) is 0.278. The van der Waals surface area contributed by atoms with E-state index in [1.165, 1.54) is 6.07 Å². The van der Waals surface area contributed by atoms with Gasteiger partial charge in [-0.1, -0.05) is 30.3 Å². The molecule has 5 nitrogen and oxygen atoms in total. The van der Waals surface area contributed by atoms with Gasteiger partial charge < -0.3 is 9.73 Å². The van der Waals surface area contributed by atoms with Crippen molar-refractivity contribution in [2.24, 2.45) is 0 Å². The molecule has 4 rings (SSSR count). The Kier molecular flexibility index (Phi) is 3.66. The molecule has 3 aromatic rings. The van der Waals surface area contributed by atoms with E-state index >= 15 is 0 Å². The summed E-state index contributed by atoms with van der Waals surface area (Å²) in [6.45, 7) is 0.566. The predicted molar refractivity (Wildman–Crippen MR) is 92.7 cm³/mol. The van der Waals surface area contributed by atoms with Crippen LogP contribution in [0.5, 0.6) is 0 Å².